The zero-order valence-corrected chi connectivity index (χ0v) is 19.9. The highest BCUT2D eigenvalue weighted by Gasteiger charge is 2.21. The van der Waals surface area contributed by atoms with Gasteiger partial charge in [0.25, 0.3) is 5.91 Å². The van der Waals surface area contributed by atoms with Crippen LogP contribution in [0, 0.1) is 5.92 Å². The van der Waals surface area contributed by atoms with Crippen LogP contribution in [-0.2, 0) is 9.59 Å². The molecular formula is C23H24Cl3N3O3. The predicted molar refractivity (Wildman–Crippen MR) is 129 cm³/mol. The van der Waals surface area contributed by atoms with Crippen molar-refractivity contribution in [3.63, 3.8) is 0 Å². The number of hydrazone groups is 1. The minimum absolute atomic E-state index is 0.0807. The Balaban J connectivity index is 1.50. The van der Waals surface area contributed by atoms with E-state index >= 15 is 0 Å². The first kappa shape index (κ1) is 24.4. The third kappa shape index (κ3) is 6.86. The lowest BCUT2D eigenvalue weighted by molar-refractivity contribution is -0.123. The number of carbonyl (C=O) groups excluding carboxylic acids is 2. The minimum Gasteiger partial charge on any atom is -0.482 e. The molecule has 2 amide bonds. The Morgan fingerprint density at radius 3 is 2.34 bits per heavy atom. The zero-order chi connectivity index (χ0) is 23.1. The topological polar surface area (TPSA) is 79.8 Å². The van der Waals surface area contributed by atoms with Gasteiger partial charge in [-0.2, -0.15) is 5.10 Å². The van der Waals surface area contributed by atoms with Crippen LogP contribution in [0.1, 0.15) is 44.6 Å². The van der Waals surface area contributed by atoms with Crippen LogP contribution in [0.5, 0.6) is 5.75 Å². The van der Waals surface area contributed by atoms with Crippen LogP contribution < -0.4 is 15.5 Å². The molecule has 0 aliphatic heterocycles. The number of nitrogens with zero attached hydrogens (tertiary/aromatic N) is 1. The second-order valence-electron chi connectivity index (χ2n) is 7.62. The van der Waals surface area contributed by atoms with E-state index < -0.39 is 5.91 Å². The number of benzene rings is 2. The van der Waals surface area contributed by atoms with Crippen molar-refractivity contribution in [2.45, 2.75) is 39.0 Å². The van der Waals surface area contributed by atoms with Gasteiger partial charge in [0.1, 0.15) is 5.75 Å². The molecule has 0 spiro atoms. The van der Waals surface area contributed by atoms with Gasteiger partial charge in [-0.25, -0.2) is 5.43 Å². The van der Waals surface area contributed by atoms with E-state index in [0.717, 1.165) is 36.9 Å². The van der Waals surface area contributed by atoms with E-state index in [0.29, 0.717) is 10.7 Å². The molecule has 170 valence electrons. The summed E-state index contributed by atoms with van der Waals surface area (Å²) in [5, 5.41) is 7.90. The highest BCUT2D eigenvalue weighted by molar-refractivity contribution is 6.43. The first-order chi connectivity index (χ1) is 15.3. The van der Waals surface area contributed by atoms with Gasteiger partial charge < -0.3 is 10.1 Å². The molecule has 0 unspecified atom stereocenters. The molecule has 9 heteroatoms. The summed E-state index contributed by atoms with van der Waals surface area (Å²) < 4.78 is 5.38. The van der Waals surface area contributed by atoms with Crippen LogP contribution in [0.4, 0.5) is 5.69 Å². The lowest BCUT2D eigenvalue weighted by atomic mass is 9.88. The number of amides is 2. The standard InChI is InChI=1S/C23H24Cl3N3O3/c1-14(28-29-22(30)13-32-21-12-19(25)18(24)11-20(21)26)15-7-9-17(10-8-15)27-23(31)16-5-3-2-4-6-16/h7-12,16H,2-6,13H2,1H3,(H,27,31)(H,29,30). The second kappa shape index (κ2) is 11.5. The van der Waals surface area contributed by atoms with Gasteiger partial charge in [-0.05, 0) is 43.5 Å². The van der Waals surface area contributed by atoms with E-state index in [1.807, 2.05) is 24.3 Å². The van der Waals surface area contributed by atoms with Crippen molar-refractivity contribution in [3.05, 3.63) is 57.0 Å². The van der Waals surface area contributed by atoms with Crippen LogP contribution >= 0.6 is 34.8 Å². The molecule has 32 heavy (non-hydrogen) atoms. The van der Waals surface area contributed by atoms with E-state index in [2.05, 4.69) is 15.8 Å². The summed E-state index contributed by atoms with van der Waals surface area (Å²) in [6, 6.07) is 10.2. The van der Waals surface area contributed by atoms with Crippen molar-refractivity contribution < 1.29 is 14.3 Å². The molecule has 1 saturated carbocycles. The maximum atomic E-state index is 12.4. The van der Waals surface area contributed by atoms with Crippen molar-refractivity contribution >= 4 is 58.0 Å². The maximum absolute atomic E-state index is 12.4. The van der Waals surface area contributed by atoms with E-state index in [1.165, 1.54) is 18.6 Å². The fourth-order valence-corrected chi connectivity index (χ4v) is 4.00. The molecule has 0 atom stereocenters. The van der Waals surface area contributed by atoms with Crippen molar-refractivity contribution in [3.8, 4) is 5.75 Å². The van der Waals surface area contributed by atoms with Crippen molar-refractivity contribution in [1.82, 2.24) is 5.43 Å². The number of hydrogen-bond acceptors (Lipinski definition) is 4. The van der Waals surface area contributed by atoms with Gasteiger partial charge in [0, 0.05) is 17.7 Å². The largest absolute Gasteiger partial charge is 0.482 e. The molecule has 2 aromatic rings. The normalized spacial score (nSPS) is 14.7. The molecule has 1 aliphatic rings. The van der Waals surface area contributed by atoms with Gasteiger partial charge in [0.15, 0.2) is 6.61 Å². The van der Waals surface area contributed by atoms with E-state index in [4.69, 9.17) is 39.5 Å². The van der Waals surface area contributed by atoms with Crippen LogP contribution in [0.25, 0.3) is 0 Å². The summed E-state index contributed by atoms with van der Waals surface area (Å²) in [7, 11) is 0. The second-order valence-corrected chi connectivity index (χ2v) is 8.84. The summed E-state index contributed by atoms with van der Waals surface area (Å²) >= 11 is 17.8. The average molecular weight is 497 g/mol. The average Bonchev–Trinajstić information content (AvgIpc) is 2.80. The van der Waals surface area contributed by atoms with Crippen molar-refractivity contribution in [2.24, 2.45) is 11.0 Å². The van der Waals surface area contributed by atoms with Crippen LogP contribution in [0.3, 0.4) is 0 Å². The number of halogens is 3. The van der Waals surface area contributed by atoms with Gasteiger partial charge in [-0.3, -0.25) is 9.59 Å². The van der Waals surface area contributed by atoms with Crippen LogP contribution in [0.15, 0.2) is 41.5 Å². The van der Waals surface area contributed by atoms with E-state index in [1.54, 1.807) is 6.92 Å². The molecule has 0 radical (unpaired) electrons. The van der Waals surface area contributed by atoms with Gasteiger partial charge in [0.05, 0.1) is 20.8 Å². The quantitative estimate of drug-likeness (QED) is 0.277. The highest BCUT2D eigenvalue weighted by atomic mass is 35.5. The molecule has 0 aromatic heterocycles. The highest BCUT2D eigenvalue weighted by Crippen LogP contribution is 2.33. The Hall–Kier alpha value is -2.28. The zero-order valence-electron chi connectivity index (χ0n) is 17.6. The molecule has 2 N–H and O–H groups in total. The molecular weight excluding hydrogens is 473 g/mol. The molecule has 0 bridgehead atoms. The van der Waals surface area contributed by atoms with Crippen molar-refractivity contribution in [2.75, 3.05) is 11.9 Å². The Morgan fingerprint density at radius 1 is 1.00 bits per heavy atom. The van der Waals surface area contributed by atoms with Gasteiger partial charge in [-0.15, -0.1) is 0 Å². The number of carbonyl (C=O) groups is 2. The lowest BCUT2D eigenvalue weighted by Gasteiger charge is -2.20. The Kier molecular flexibility index (Phi) is 8.79. The Labute approximate surface area is 202 Å². The molecule has 2 aromatic carbocycles. The number of ether oxygens (including phenoxy) is 1. The number of nitrogens with one attached hydrogen (secondary N) is 2. The van der Waals surface area contributed by atoms with E-state index in [-0.39, 0.29) is 34.2 Å². The monoisotopic (exact) mass is 495 g/mol. The summed E-state index contributed by atoms with van der Waals surface area (Å²) in [5.41, 5.74) is 4.60. The number of anilines is 1. The summed E-state index contributed by atoms with van der Waals surface area (Å²) in [4.78, 5) is 24.4. The van der Waals surface area contributed by atoms with Crippen LogP contribution in [-0.4, -0.2) is 24.1 Å². The molecule has 0 heterocycles. The summed E-state index contributed by atoms with van der Waals surface area (Å²) in [5.74, 6) is -0.0225. The smallest absolute Gasteiger partial charge is 0.277 e. The number of rotatable bonds is 7. The third-order valence-electron chi connectivity index (χ3n) is 5.23. The van der Waals surface area contributed by atoms with Gasteiger partial charge in [0.2, 0.25) is 5.91 Å². The van der Waals surface area contributed by atoms with Crippen LogP contribution in [0.2, 0.25) is 15.1 Å². The summed E-state index contributed by atoms with van der Waals surface area (Å²) in [6.07, 6.45) is 5.35. The van der Waals surface area contributed by atoms with Gasteiger partial charge >= 0.3 is 0 Å². The van der Waals surface area contributed by atoms with Crippen molar-refractivity contribution in [1.29, 1.82) is 0 Å². The Morgan fingerprint density at radius 2 is 1.66 bits per heavy atom. The fraction of sp³-hybridized carbons (Fsp3) is 0.348. The lowest BCUT2D eigenvalue weighted by Crippen LogP contribution is -2.25. The first-order valence-electron chi connectivity index (χ1n) is 10.4. The third-order valence-corrected chi connectivity index (χ3v) is 6.25. The molecule has 1 aliphatic carbocycles. The molecule has 1 fully saturated rings. The predicted octanol–water partition coefficient (Wildman–Crippen LogP) is 6.08. The Bertz CT molecular complexity index is 1000. The summed E-state index contributed by atoms with van der Waals surface area (Å²) in [6.45, 7) is 1.48. The maximum Gasteiger partial charge on any atom is 0.277 e. The molecule has 3 rings (SSSR count). The SMILES string of the molecule is CC(=NNC(=O)COc1cc(Cl)c(Cl)cc1Cl)c1ccc(NC(=O)C2CCCCC2)cc1. The van der Waals surface area contributed by atoms with E-state index in [9.17, 15) is 9.59 Å². The fourth-order valence-electron chi connectivity index (χ4n) is 3.41. The van der Waals surface area contributed by atoms with Gasteiger partial charge in [-0.1, -0.05) is 66.2 Å². The number of hydrogen-bond donors (Lipinski definition) is 2. The molecule has 6 nitrogen and oxygen atoms in total. The first-order valence-corrected chi connectivity index (χ1v) is 11.5. The molecule has 0 saturated heterocycles. The minimum atomic E-state index is -0.456.